The van der Waals surface area contributed by atoms with Crippen LogP contribution >= 0.6 is 0 Å². The first kappa shape index (κ1) is 14.1. The number of rotatable bonds is 3. The van der Waals surface area contributed by atoms with Crippen molar-refractivity contribution in [1.29, 1.82) is 0 Å². The highest BCUT2D eigenvalue weighted by atomic mass is 16.5. The van der Waals surface area contributed by atoms with Gasteiger partial charge in [-0.05, 0) is 50.9 Å². The largest absolute Gasteiger partial charge is 0.465 e. The molecule has 2 aromatic rings. The molecule has 0 N–H and O–H groups in total. The number of esters is 1. The summed E-state index contributed by atoms with van der Waals surface area (Å²) in [6.45, 7) is 2.34. The van der Waals surface area contributed by atoms with Gasteiger partial charge in [0.1, 0.15) is 5.65 Å². The number of carbonyl (C=O) groups excluding carboxylic acids is 1. The number of likely N-dealkylation sites (tertiary alicyclic amines) is 1. The third-order valence-corrected chi connectivity index (χ3v) is 4.14. The van der Waals surface area contributed by atoms with Crippen molar-refractivity contribution in [2.24, 2.45) is 5.92 Å². The van der Waals surface area contributed by atoms with E-state index >= 15 is 0 Å². The number of imidazole rings is 1. The summed E-state index contributed by atoms with van der Waals surface area (Å²) in [5, 5.41) is 0. The average molecular weight is 287 g/mol. The molecule has 2 aromatic heterocycles. The number of ether oxygens (including phenoxy) is 1. The summed E-state index contributed by atoms with van der Waals surface area (Å²) in [5.41, 5.74) is 2.52. The Morgan fingerprint density at radius 2 is 2.29 bits per heavy atom. The standard InChI is InChI=1S/C16H21N3O2/c1-18-7-3-4-12(9-18)8-14-11-19-10-13(16(20)21-2)5-6-15(19)17-14/h5-6,10-12H,3-4,7-9H2,1-2H3. The van der Waals surface area contributed by atoms with Gasteiger partial charge in [0, 0.05) is 18.9 Å². The summed E-state index contributed by atoms with van der Waals surface area (Å²) in [6, 6.07) is 3.62. The smallest absolute Gasteiger partial charge is 0.339 e. The lowest BCUT2D eigenvalue weighted by Gasteiger charge is -2.29. The van der Waals surface area contributed by atoms with Gasteiger partial charge in [-0.15, -0.1) is 0 Å². The van der Waals surface area contributed by atoms with Crippen molar-refractivity contribution in [2.45, 2.75) is 19.3 Å². The molecular weight excluding hydrogens is 266 g/mol. The molecule has 1 aliphatic heterocycles. The van der Waals surface area contributed by atoms with Crippen molar-refractivity contribution in [3.05, 3.63) is 35.8 Å². The number of nitrogens with zero attached hydrogens (tertiary/aromatic N) is 3. The molecule has 0 amide bonds. The van der Waals surface area contributed by atoms with E-state index in [1.807, 2.05) is 16.7 Å². The number of methoxy groups -OCH3 is 1. The highest BCUT2D eigenvalue weighted by Gasteiger charge is 2.18. The first-order valence-electron chi connectivity index (χ1n) is 7.40. The van der Waals surface area contributed by atoms with Crippen LogP contribution in [0.5, 0.6) is 0 Å². The Kier molecular flexibility index (Phi) is 3.92. The number of hydrogen-bond donors (Lipinski definition) is 0. The molecule has 0 radical (unpaired) electrons. The van der Waals surface area contributed by atoms with Gasteiger partial charge in [-0.2, -0.15) is 0 Å². The van der Waals surface area contributed by atoms with Crippen LogP contribution in [0.15, 0.2) is 24.5 Å². The molecule has 0 bridgehead atoms. The Labute approximate surface area is 124 Å². The fourth-order valence-corrected chi connectivity index (χ4v) is 3.12. The van der Waals surface area contributed by atoms with E-state index in [4.69, 9.17) is 4.74 Å². The van der Waals surface area contributed by atoms with Gasteiger partial charge in [-0.25, -0.2) is 9.78 Å². The first-order valence-corrected chi connectivity index (χ1v) is 7.40. The van der Waals surface area contributed by atoms with Crippen molar-refractivity contribution in [1.82, 2.24) is 14.3 Å². The molecule has 112 valence electrons. The van der Waals surface area contributed by atoms with E-state index in [9.17, 15) is 4.79 Å². The Bertz CT molecular complexity index is 650. The maximum atomic E-state index is 11.6. The van der Waals surface area contributed by atoms with Crippen LogP contribution in [0.4, 0.5) is 0 Å². The van der Waals surface area contributed by atoms with Crippen LogP contribution in [0.1, 0.15) is 28.9 Å². The second-order valence-corrected chi connectivity index (χ2v) is 5.88. The molecule has 3 heterocycles. The molecule has 0 spiro atoms. The SMILES string of the molecule is COC(=O)c1ccc2nc(CC3CCCN(C)C3)cn2c1. The third kappa shape index (κ3) is 3.08. The van der Waals surface area contributed by atoms with Gasteiger partial charge in [-0.1, -0.05) is 0 Å². The summed E-state index contributed by atoms with van der Waals surface area (Å²) in [4.78, 5) is 18.6. The van der Waals surface area contributed by atoms with E-state index < -0.39 is 0 Å². The van der Waals surface area contributed by atoms with Gasteiger partial charge in [-0.3, -0.25) is 0 Å². The lowest BCUT2D eigenvalue weighted by atomic mass is 9.94. The molecule has 1 atom stereocenters. The molecule has 1 fully saturated rings. The summed E-state index contributed by atoms with van der Waals surface area (Å²) in [6.07, 6.45) is 7.34. The quantitative estimate of drug-likeness (QED) is 0.810. The molecule has 0 saturated carbocycles. The van der Waals surface area contributed by atoms with Gasteiger partial charge < -0.3 is 14.0 Å². The van der Waals surface area contributed by atoms with Crippen molar-refractivity contribution in [3.63, 3.8) is 0 Å². The molecule has 0 aromatic carbocycles. The maximum Gasteiger partial charge on any atom is 0.339 e. The molecular formula is C16H21N3O2. The number of pyridine rings is 1. The van der Waals surface area contributed by atoms with Gasteiger partial charge in [0.05, 0.1) is 18.4 Å². The summed E-state index contributed by atoms with van der Waals surface area (Å²) in [5.74, 6) is 0.356. The van der Waals surface area contributed by atoms with Crippen molar-refractivity contribution < 1.29 is 9.53 Å². The molecule has 5 heteroatoms. The summed E-state index contributed by atoms with van der Waals surface area (Å²) >= 11 is 0. The zero-order valence-corrected chi connectivity index (χ0v) is 12.6. The Morgan fingerprint density at radius 3 is 3.05 bits per heavy atom. The van der Waals surface area contributed by atoms with E-state index in [1.54, 1.807) is 12.3 Å². The maximum absolute atomic E-state index is 11.6. The van der Waals surface area contributed by atoms with Crippen LogP contribution in [0, 0.1) is 5.92 Å². The van der Waals surface area contributed by atoms with Crippen LogP contribution in [0.25, 0.3) is 5.65 Å². The van der Waals surface area contributed by atoms with Gasteiger partial charge >= 0.3 is 5.97 Å². The number of piperidine rings is 1. The Hall–Kier alpha value is -1.88. The van der Waals surface area contributed by atoms with E-state index in [1.165, 1.54) is 26.5 Å². The first-order chi connectivity index (χ1) is 10.2. The molecule has 21 heavy (non-hydrogen) atoms. The van der Waals surface area contributed by atoms with Crippen LogP contribution in [0.2, 0.25) is 0 Å². The Morgan fingerprint density at radius 1 is 1.43 bits per heavy atom. The fraction of sp³-hybridized carbons (Fsp3) is 0.500. The second-order valence-electron chi connectivity index (χ2n) is 5.88. The lowest BCUT2D eigenvalue weighted by molar-refractivity contribution is 0.0600. The minimum absolute atomic E-state index is 0.318. The highest BCUT2D eigenvalue weighted by Crippen LogP contribution is 2.20. The molecule has 5 nitrogen and oxygen atoms in total. The van der Waals surface area contributed by atoms with Gasteiger partial charge in [0.2, 0.25) is 0 Å². The van der Waals surface area contributed by atoms with Gasteiger partial charge in [0.15, 0.2) is 0 Å². The second kappa shape index (κ2) is 5.85. The van der Waals surface area contributed by atoms with E-state index in [0.29, 0.717) is 11.5 Å². The molecule has 3 rings (SSSR count). The van der Waals surface area contributed by atoms with E-state index in [2.05, 4.69) is 16.9 Å². The summed E-state index contributed by atoms with van der Waals surface area (Å²) < 4.78 is 6.66. The van der Waals surface area contributed by atoms with Gasteiger partial charge in [0.25, 0.3) is 0 Å². The lowest BCUT2D eigenvalue weighted by Crippen LogP contribution is -2.33. The topological polar surface area (TPSA) is 46.8 Å². The van der Waals surface area contributed by atoms with Crippen LogP contribution in [0.3, 0.4) is 0 Å². The molecule has 1 aliphatic rings. The normalized spacial score (nSPS) is 19.8. The minimum atomic E-state index is -0.318. The number of aromatic nitrogens is 2. The molecule has 1 unspecified atom stereocenters. The van der Waals surface area contributed by atoms with E-state index in [-0.39, 0.29) is 5.97 Å². The van der Waals surface area contributed by atoms with Crippen LogP contribution < -0.4 is 0 Å². The van der Waals surface area contributed by atoms with Crippen molar-refractivity contribution in [3.8, 4) is 0 Å². The number of carbonyl (C=O) groups is 1. The Balaban J connectivity index is 1.79. The predicted octanol–water partition coefficient (Wildman–Crippen LogP) is 2.01. The van der Waals surface area contributed by atoms with Crippen LogP contribution in [-0.4, -0.2) is 47.5 Å². The fourth-order valence-electron chi connectivity index (χ4n) is 3.12. The van der Waals surface area contributed by atoms with Crippen molar-refractivity contribution >= 4 is 11.6 Å². The number of fused-ring (bicyclic) bond motifs is 1. The zero-order chi connectivity index (χ0) is 14.8. The minimum Gasteiger partial charge on any atom is -0.465 e. The highest BCUT2D eigenvalue weighted by molar-refractivity contribution is 5.89. The summed E-state index contributed by atoms with van der Waals surface area (Å²) in [7, 11) is 3.57. The zero-order valence-electron chi connectivity index (χ0n) is 12.6. The average Bonchev–Trinajstić information content (AvgIpc) is 2.87. The molecule has 0 aliphatic carbocycles. The molecule has 1 saturated heterocycles. The van der Waals surface area contributed by atoms with Crippen molar-refractivity contribution in [2.75, 3.05) is 27.2 Å². The predicted molar refractivity (Wildman–Crippen MR) is 80.5 cm³/mol. The van der Waals surface area contributed by atoms with Crippen LogP contribution in [-0.2, 0) is 11.2 Å². The monoisotopic (exact) mass is 287 g/mol. The number of hydrogen-bond acceptors (Lipinski definition) is 4. The third-order valence-electron chi connectivity index (χ3n) is 4.14. The van der Waals surface area contributed by atoms with E-state index in [0.717, 1.165) is 24.3 Å².